The lowest BCUT2D eigenvalue weighted by Crippen LogP contribution is -2.26. The van der Waals surface area contributed by atoms with Gasteiger partial charge in [0.25, 0.3) is 5.91 Å². The Kier molecular flexibility index (Phi) is 7.88. The zero-order valence-electron chi connectivity index (χ0n) is 22.1. The van der Waals surface area contributed by atoms with E-state index in [1.54, 1.807) is 0 Å². The predicted octanol–water partition coefficient (Wildman–Crippen LogP) is 7.92. The number of aryl methyl sites for hydroxylation is 1. The molecule has 5 rings (SSSR count). The van der Waals surface area contributed by atoms with E-state index in [-0.39, 0.29) is 5.91 Å². The van der Waals surface area contributed by atoms with Gasteiger partial charge in [0.15, 0.2) is 0 Å². The van der Waals surface area contributed by atoms with Gasteiger partial charge in [-0.25, -0.2) is 0 Å². The fraction of sp³-hybridized carbons (Fsp3) is 0.294. The number of aliphatic hydroxyl groups excluding tert-OH is 1. The van der Waals surface area contributed by atoms with Crippen molar-refractivity contribution in [3.05, 3.63) is 114 Å². The van der Waals surface area contributed by atoms with Crippen LogP contribution in [0.15, 0.2) is 91.2 Å². The summed E-state index contributed by atoms with van der Waals surface area (Å²) in [5.41, 5.74) is 7.19. The molecule has 4 heteroatoms. The molecular formula is C34H36N2O2. The fourth-order valence-corrected chi connectivity index (χ4v) is 5.77. The first kappa shape index (κ1) is 25.7. The molecule has 194 valence electrons. The van der Waals surface area contributed by atoms with E-state index in [1.165, 1.54) is 11.1 Å². The largest absolute Gasteiger partial charge is 0.513 e. The second-order valence-electron chi connectivity index (χ2n) is 10.6. The number of aliphatic hydroxyl groups is 1. The van der Waals surface area contributed by atoms with E-state index in [4.69, 9.17) is 4.98 Å². The van der Waals surface area contributed by atoms with Gasteiger partial charge >= 0.3 is 0 Å². The monoisotopic (exact) mass is 504 g/mol. The van der Waals surface area contributed by atoms with Crippen molar-refractivity contribution in [2.24, 2.45) is 5.92 Å². The third-order valence-corrected chi connectivity index (χ3v) is 7.81. The van der Waals surface area contributed by atoms with E-state index in [0.717, 1.165) is 66.2 Å². The van der Waals surface area contributed by atoms with Gasteiger partial charge < -0.3 is 10.4 Å². The van der Waals surface area contributed by atoms with Gasteiger partial charge in [-0.3, -0.25) is 9.78 Å². The molecule has 1 amide bonds. The number of hydrogen-bond donors (Lipinski definition) is 2. The molecule has 0 saturated heterocycles. The number of pyridine rings is 1. The van der Waals surface area contributed by atoms with Crippen LogP contribution in [0.3, 0.4) is 0 Å². The minimum absolute atomic E-state index is 0.0634. The second kappa shape index (κ2) is 11.6. The molecule has 1 saturated carbocycles. The maximum atomic E-state index is 13.1. The molecule has 0 atom stereocenters. The van der Waals surface area contributed by atoms with Crippen molar-refractivity contribution in [3.8, 4) is 11.1 Å². The SMILES string of the molecule is C=C(O)CC1CCC(c2ccc(-c3ccc4c(C(=O)NCCc5ccccc5)cc(C)nc4c3)cc2)CC1. The first-order valence-electron chi connectivity index (χ1n) is 13.7. The number of carbonyl (C=O) groups excluding carboxylic acids is 1. The Balaban J connectivity index is 1.28. The number of fused-ring (bicyclic) bond motifs is 1. The topological polar surface area (TPSA) is 62.2 Å². The first-order valence-corrected chi connectivity index (χ1v) is 13.7. The smallest absolute Gasteiger partial charge is 0.252 e. The van der Waals surface area contributed by atoms with Gasteiger partial charge in [0.2, 0.25) is 0 Å². The van der Waals surface area contributed by atoms with Crippen LogP contribution in [0.5, 0.6) is 0 Å². The van der Waals surface area contributed by atoms with E-state index >= 15 is 0 Å². The number of hydrogen-bond acceptors (Lipinski definition) is 3. The molecule has 3 aromatic carbocycles. The van der Waals surface area contributed by atoms with Gasteiger partial charge in [-0.2, -0.15) is 0 Å². The normalized spacial score (nSPS) is 17.3. The van der Waals surface area contributed by atoms with E-state index in [2.05, 4.69) is 60.4 Å². The van der Waals surface area contributed by atoms with E-state index in [0.29, 0.717) is 29.7 Å². The molecule has 0 aliphatic heterocycles. The average Bonchev–Trinajstić information content (AvgIpc) is 2.93. The van der Waals surface area contributed by atoms with Crippen LogP contribution >= 0.6 is 0 Å². The average molecular weight is 505 g/mol. The molecule has 38 heavy (non-hydrogen) atoms. The van der Waals surface area contributed by atoms with Crippen molar-refractivity contribution in [2.45, 2.75) is 51.4 Å². The van der Waals surface area contributed by atoms with Crippen LogP contribution < -0.4 is 5.32 Å². The molecular weight excluding hydrogens is 468 g/mol. The fourth-order valence-electron chi connectivity index (χ4n) is 5.77. The quantitative estimate of drug-likeness (QED) is 0.240. The molecule has 1 heterocycles. The molecule has 4 aromatic rings. The zero-order chi connectivity index (χ0) is 26.5. The number of carbonyl (C=O) groups is 1. The van der Waals surface area contributed by atoms with E-state index in [9.17, 15) is 9.90 Å². The van der Waals surface area contributed by atoms with Crippen LogP contribution in [0.1, 0.15) is 65.2 Å². The second-order valence-corrected chi connectivity index (χ2v) is 10.6. The van der Waals surface area contributed by atoms with Crippen molar-refractivity contribution in [1.82, 2.24) is 10.3 Å². The van der Waals surface area contributed by atoms with Gasteiger partial charge in [0, 0.05) is 24.0 Å². The molecule has 0 radical (unpaired) electrons. The summed E-state index contributed by atoms with van der Waals surface area (Å²) < 4.78 is 0. The molecule has 1 aromatic heterocycles. The number of benzene rings is 3. The molecule has 4 nitrogen and oxygen atoms in total. The van der Waals surface area contributed by atoms with Crippen LogP contribution in [-0.2, 0) is 6.42 Å². The van der Waals surface area contributed by atoms with Crippen molar-refractivity contribution < 1.29 is 9.90 Å². The highest BCUT2D eigenvalue weighted by atomic mass is 16.3. The Morgan fingerprint density at radius 1 is 0.947 bits per heavy atom. The Bertz CT molecular complexity index is 1420. The maximum Gasteiger partial charge on any atom is 0.252 e. The standard InChI is InChI=1S/C34H36N2O2/c1-23-20-32(34(38)35-19-18-25-6-4-3-5-7-25)31-17-16-30(22-33(31)36-23)29-14-12-28(13-15-29)27-10-8-26(9-11-27)21-24(2)37/h3-7,12-17,20,22,26-27,37H,2,8-11,18-19,21H2,1H3,(H,35,38). The summed E-state index contributed by atoms with van der Waals surface area (Å²) in [4.78, 5) is 17.8. The molecule has 1 aliphatic rings. The van der Waals surface area contributed by atoms with Gasteiger partial charge in [-0.15, -0.1) is 0 Å². The summed E-state index contributed by atoms with van der Waals surface area (Å²) in [7, 11) is 0. The van der Waals surface area contributed by atoms with Crippen molar-refractivity contribution in [3.63, 3.8) is 0 Å². The first-order chi connectivity index (χ1) is 18.5. The number of aromatic nitrogens is 1. The van der Waals surface area contributed by atoms with Crippen molar-refractivity contribution in [1.29, 1.82) is 0 Å². The van der Waals surface area contributed by atoms with Crippen molar-refractivity contribution >= 4 is 16.8 Å². The van der Waals surface area contributed by atoms with Gasteiger partial charge in [-0.05, 0) is 85.3 Å². The van der Waals surface area contributed by atoms with Gasteiger partial charge in [0.1, 0.15) is 0 Å². The summed E-state index contributed by atoms with van der Waals surface area (Å²) in [5.74, 6) is 1.39. The maximum absolute atomic E-state index is 13.1. The van der Waals surface area contributed by atoms with Crippen molar-refractivity contribution in [2.75, 3.05) is 6.54 Å². The van der Waals surface area contributed by atoms with Crippen LogP contribution in [0.2, 0.25) is 0 Å². The lowest BCUT2D eigenvalue weighted by molar-refractivity contribution is 0.0955. The Hall–Kier alpha value is -3.92. The van der Waals surface area contributed by atoms with E-state index in [1.807, 2.05) is 37.3 Å². The zero-order valence-corrected chi connectivity index (χ0v) is 22.1. The summed E-state index contributed by atoms with van der Waals surface area (Å²) in [5, 5.41) is 13.5. The Morgan fingerprint density at radius 2 is 1.66 bits per heavy atom. The van der Waals surface area contributed by atoms with Gasteiger partial charge in [-0.1, -0.05) is 73.3 Å². The third-order valence-electron chi connectivity index (χ3n) is 7.81. The Labute approximate surface area is 225 Å². The lowest BCUT2D eigenvalue weighted by atomic mass is 9.77. The molecule has 1 fully saturated rings. The molecule has 0 bridgehead atoms. The highest BCUT2D eigenvalue weighted by Gasteiger charge is 2.23. The highest BCUT2D eigenvalue weighted by Crippen LogP contribution is 2.38. The highest BCUT2D eigenvalue weighted by molar-refractivity contribution is 6.06. The molecule has 1 aliphatic carbocycles. The lowest BCUT2D eigenvalue weighted by Gasteiger charge is -2.28. The minimum atomic E-state index is -0.0634. The molecule has 2 N–H and O–H groups in total. The summed E-state index contributed by atoms with van der Waals surface area (Å²) in [6.45, 7) is 6.18. The van der Waals surface area contributed by atoms with E-state index < -0.39 is 0 Å². The predicted molar refractivity (Wildman–Crippen MR) is 155 cm³/mol. The Morgan fingerprint density at radius 3 is 2.37 bits per heavy atom. The number of allylic oxidation sites excluding steroid dienone is 1. The minimum Gasteiger partial charge on any atom is -0.513 e. The number of nitrogens with one attached hydrogen (secondary N) is 1. The molecule has 0 unspecified atom stereocenters. The molecule has 0 spiro atoms. The van der Waals surface area contributed by atoms with Crippen LogP contribution in [-0.4, -0.2) is 22.5 Å². The summed E-state index contributed by atoms with van der Waals surface area (Å²) in [6, 6.07) is 27.2. The van der Waals surface area contributed by atoms with Crippen LogP contribution in [0.4, 0.5) is 0 Å². The number of nitrogens with zero attached hydrogens (tertiary/aromatic N) is 1. The van der Waals surface area contributed by atoms with Gasteiger partial charge in [0.05, 0.1) is 16.8 Å². The van der Waals surface area contributed by atoms with Crippen LogP contribution in [0.25, 0.3) is 22.0 Å². The third kappa shape index (κ3) is 6.13. The van der Waals surface area contributed by atoms with Crippen LogP contribution in [0, 0.1) is 12.8 Å². The summed E-state index contributed by atoms with van der Waals surface area (Å²) >= 11 is 0. The number of rotatable bonds is 8. The number of amides is 1. The summed E-state index contributed by atoms with van der Waals surface area (Å²) in [6.07, 6.45) is 6.14.